The second kappa shape index (κ2) is 6.06. The van der Waals surface area contributed by atoms with E-state index in [-0.39, 0.29) is 17.5 Å². The maximum Gasteiger partial charge on any atom is 0.237 e. The van der Waals surface area contributed by atoms with Crippen LogP contribution in [0.5, 0.6) is 0 Å². The molecule has 0 saturated carbocycles. The van der Waals surface area contributed by atoms with Gasteiger partial charge in [0.1, 0.15) is 0 Å². The fraction of sp³-hybridized carbons (Fsp3) is 0.588. The van der Waals surface area contributed by atoms with Gasteiger partial charge in [0.05, 0.1) is 6.04 Å². The van der Waals surface area contributed by atoms with Crippen molar-refractivity contribution in [2.45, 2.75) is 58.7 Å². The summed E-state index contributed by atoms with van der Waals surface area (Å²) in [6.07, 6.45) is 1.87. The van der Waals surface area contributed by atoms with Crippen LogP contribution in [0, 0.1) is 0 Å². The van der Waals surface area contributed by atoms with Crippen LogP contribution in [0.15, 0.2) is 18.2 Å². The van der Waals surface area contributed by atoms with Gasteiger partial charge in [-0.25, -0.2) is 0 Å². The fourth-order valence-electron chi connectivity index (χ4n) is 2.65. The fourth-order valence-corrected chi connectivity index (χ4v) is 2.65. The van der Waals surface area contributed by atoms with Crippen molar-refractivity contribution < 1.29 is 4.79 Å². The van der Waals surface area contributed by atoms with Gasteiger partial charge in [0.25, 0.3) is 0 Å². The number of rotatable bonds is 4. The van der Waals surface area contributed by atoms with Crippen molar-refractivity contribution in [3.8, 4) is 0 Å². The van der Waals surface area contributed by atoms with Gasteiger partial charge in [0.2, 0.25) is 5.91 Å². The molecule has 4 nitrogen and oxygen atoms in total. The number of hydrogen-bond donors (Lipinski definition) is 2. The quantitative estimate of drug-likeness (QED) is 0.836. The van der Waals surface area contributed by atoms with E-state index in [1.54, 1.807) is 0 Å². The minimum Gasteiger partial charge on any atom is -0.398 e. The van der Waals surface area contributed by atoms with Crippen molar-refractivity contribution >= 4 is 11.6 Å². The molecule has 0 radical (unpaired) electrons. The van der Waals surface area contributed by atoms with Crippen LogP contribution in [0.1, 0.15) is 45.2 Å². The molecule has 1 aromatic carbocycles. The van der Waals surface area contributed by atoms with Gasteiger partial charge in [-0.1, -0.05) is 19.1 Å². The second-order valence-electron chi connectivity index (χ2n) is 6.61. The number of nitrogens with one attached hydrogen (secondary N) is 1. The maximum atomic E-state index is 12.4. The van der Waals surface area contributed by atoms with Gasteiger partial charge < -0.3 is 11.1 Å². The van der Waals surface area contributed by atoms with Crippen molar-refractivity contribution in [2.24, 2.45) is 0 Å². The predicted molar refractivity (Wildman–Crippen MR) is 86.9 cm³/mol. The lowest BCUT2D eigenvalue weighted by molar-refractivity contribution is -0.127. The zero-order valence-electron chi connectivity index (χ0n) is 13.6. The second-order valence-corrected chi connectivity index (χ2v) is 6.61. The predicted octanol–water partition coefficient (Wildman–Crippen LogP) is 2.32. The van der Waals surface area contributed by atoms with Gasteiger partial charge in [0.15, 0.2) is 0 Å². The Labute approximate surface area is 127 Å². The number of amides is 1. The van der Waals surface area contributed by atoms with E-state index in [1.807, 2.05) is 19.1 Å². The molecular weight excluding hydrogens is 262 g/mol. The summed E-state index contributed by atoms with van der Waals surface area (Å²) in [5.74, 6) is 0.0970. The van der Waals surface area contributed by atoms with Crippen LogP contribution in [0.25, 0.3) is 0 Å². The molecule has 0 aromatic heterocycles. The Morgan fingerprint density at radius 1 is 1.48 bits per heavy atom. The summed E-state index contributed by atoms with van der Waals surface area (Å²) in [5, 5.41) is 3.13. The molecule has 1 aliphatic rings. The molecule has 0 aliphatic carbocycles. The van der Waals surface area contributed by atoms with Gasteiger partial charge in [-0.05, 0) is 50.8 Å². The topological polar surface area (TPSA) is 58.4 Å². The molecule has 1 unspecified atom stereocenters. The summed E-state index contributed by atoms with van der Waals surface area (Å²) >= 11 is 0. The summed E-state index contributed by atoms with van der Waals surface area (Å²) in [4.78, 5) is 14.6. The van der Waals surface area contributed by atoms with Crippen LogP contribution >= 0.6 is 0 Å². The third-order valence-corrected chi connectivity index (χ3v) is 4.61. The van der Waals surface area contributed by atoms with Crippen LogP contribution < -0.4 is 11.1 Å². The van der Waals surface area contributed by atoms with Crippen LogP contribution in [0.3, 0.4) is 0 Å². The Morgan fingerprint density at radius 2 is 2.19 bits per heavy atom. The van der Waals surface area contributed by atoms with E-state index in [0.717, 1.165) is 31.6 Å². The number of carbonyl (C=O) groups excluding carboxylic acids is 1. The Morgan fingerprint density at radius 3 is 2.86 bits per heavy atom. The number of benzene rings is 1. The Kier molecular flexibility index (Phi) is 4.57. The van der Waals surface area contributed by atoms with E-state index in [1.165, 1.54) is 11.1 Å². The molecule has 0 spiro atoms. The first-order valence-corrected chi connectivity index (χ1v) is 7.76. The van der Waals surface area contributed by atoms with Crippen LogP contribution in [0.2, 0.25) is 0 Å². The number of anilines is 1. The van der Waals surface area contributed by atoms with Gasteiger partial charge in [-0.3, -0.25) is 9.69 Å². The molecule has 1 amide bonds. The molecule has 1 aromatic rings. The molecule has 1 aliphatic heterocycles. The summed E-state index contributed by atoms with van der Waals surface area (Å²) in [7, 11) is 0. The summed E-state index contributed by atoms with van der Waals surface area (Å²) in [6, 6.07) is 5.94. The number of nitrogens with two attached hydrogens (primary N) is 1. The van der Waals surface area contributed by atoms with E-state index < -0.39 is 0 Å². The first-order chi connectivity index (χ1) is 9.84. The van der Waals surface area contributed by atoms with E-state index in [2.05, 4.69) is 37.1 Å². The smallest absolute Gasteiger partial charge is 0.237 e. The molecule has 1 atom stereocenters. The molecule has 21 heavy (non-hydrogen) atoms. The van der Waals surface area contributed by atoms with E-state index in [9.17, 15) is 4.79 Å². The van der Waals surface area contributed by atoms with E-state index >= 15 is 0 Å². The summed E-state index contributed by atoms with van der Waals surface area (Å²) in [6.45, 7) is 9.83. The Balaban J connectivity index is 2.07. The van der Waals surface area contributed by atoms with Crippen LogP contribution in [0.4, 0.5) is 5.69 Å². The average Bonchev–Trinajstić information content (AvgIpc) is 2.46. The van der Waals surface area contributed by atoms with E-state index in [4.69, 9.17) is 5.73 Å². The average molecular weight is 289 g/mol. The zero-order valence-corrected chi connectivity index (χ0v) is 13.6. The zero-order chi connectivity index (χ0) is 15.6. The Bertz CT molecular complexity index is 525. The minimum atomic E-state index is -0.155. The minimum absolute atomic E-state index is 0.0970. The van der Waals surface area contributed by atoms with Crippen LogP contribution in [-0.2, 0) is 17.8 Å². The molecule has 0 saturated heterocycles. The number of carbonyl (C=O) groups is 1. The lowest BCUT2D eigenvalue weighted by Crippen LogP contribution is -2.52. The Hall–Kier alpha value is -1.55. The van der Waals surface area contributed by atoms with Crippen molar-refractivity contribution in [3.63, 3.8) is 0 Å². The molecule has 0 bridgehead atoms. The maximum absolute atomic E-state index is 12.4. The highest BCUT2D eigenvalue weighted by molar-refractivity contribution is 5.82. The van der Waals surface area contributed by atoms with E-state index in [0.29, 0.717) is 0 Å². The van der Waals surface area contributed by atoms with Gasteiger partial charge in [0, 0.05) is 24.3 Å². The normalized spacial score (nSPS) is 17.1. The number of fused-ring (bicyclic) bond motifs is 1. The standard InChI is InChI=1S/C17H27N3O/c1-5-17(3,4)19-16(21)12(2)20-10-9-13-7-6-8-15(18)14(13)11-20/h6-8,12H,5,9-11,18H2,1-4H3,(H,19,21). The van der Waals surface area contributed by atoms with Gasteiger partial charge in [-0.15, -0.1) is 0 Å². The third-order valence-electron chi connectivity index (χ3n) is 4.61. The number of hydrogen-bond acceptors (Lipinski definition) is 3. The van der Waals surface area contributed by atoms with Crippen LogP contribution in [-0.4, -0.2) is 28.9 Å². The molecular formula is C17H27N3O. The molecule has 116 valence electrons. The number of nitrogen functional groups attached to an aromatic ring is 1. The van der Waals surface area contributed by atoms with Gasteiger partial charge >= 0.3 is 0 Å². The highest BCUT2D eigenvalue weighted by Crippen LogP contribution is 2.25. The number of nitrogens with zero attached hydrogens (tertiary/aromatic N) is 1. The largest absolute Gasteiger partial charge is 0.398 e. The molecule has 1 heterocycles. The highest BCUT2D eigenvalue weighted by atomic mass is 16.2. The van der Waals surface area contributed by atoms with Crippen molar-refractivity contribution in [1.29, 1.82) is 0 Å². The van der Waals surface area contributed by atoms with Gasteiger partial charge in [-0.2, -0.15) is 0 Å². The molecule has 3 N–H and O–H groups in total. The monoisotopic (exact) mass is 289 g/mol. The van der Waals surface area contributed by atoms with Crippen molar-refractivity contribution in [1.82, 2.24) is 10.2 Å². The third kappa shape index (κ3) is 3.56. The lowest BCUT2D eigenvalue weighted by Gasteiger charge is -2.35. The molecule has 0 fully saturated rings. The lowest BCUT2D eigenvalue weighted by atomic mass is 9.96. The summed E-state index contributed by atoms with van der Waals surface area (Å²) in [5.41, 5.74) is 9.24. The van der Waals surface area contributed by atoms with Crippen molar-refractivity contribution in [2.75, 3.05) is 12.3 Å². The molecule has 2 rings (SSSR count). The first kappa shape index (κ1) is 15.8. The first-order valence-electron chi connectivity index (χ1n) is 7.76. The molecule has 4 heteroatoms. The summed E-state index contributed by atoms with van der Waals surface area (Å²) < 4.78 is 0. The SMILES string of the molecule is CCC(C)(C)NC(=O)C(C)N1CCc2cccc(N)c2C1. The van der Waals surface area contributed by atoms with Crippen molar-refractivity contribution in [3.05, 3.63) is 29.3 Å². The highest BCUT2D eigenvalue weighted by Gasteiger charge is 2.28.